The largest absolute Gasteiger partial charge is 0.382 e. The van der Waals surface area contributed by atoms with Gasteiger partial charge < -0.3 is 11.1 Å². The molecular weight excluding hydrogens is 473 g/mol. The second-order valence-electron chi connectivity index (χ2n) is 5.34. The molecule has 0 saturated carbocycles. The second-order valence-corrected chi connectivity index (χ2v) is 6.44. The molecule has 134 valence electrons. The lowest BCUT2D eigenvalue weighted by molar-refractivity contribution is 0.785. The number of nitrogens with zero attached hydrogens (tertiary/aromatic N) is 5. The maximum absolute atomic E-state index is 6.04. The third-order valence-electron chi connectivity index (χ3n) is 3.52. The van der Waals surface area contributed by atoms with E-state index in [0.717, 1.165) is 24.9 Å². The molecule has 0 aliphatic carbocycles. The highest BCUT2D eigenvalue weighted by atomic mass is 79.9. The Morgan fingerprint density at radius 1 is 1.28 bits per heavy atom. The summed E-state index contributed by atoms with van der Waals surface area (Å²) in [5.41, 5.74) is 8.27. The lowest BCUT2D eigenvalue weighted by Crippen LogP contribution is -2.09. The first kappa shape index (κ1) is 19.9. The Labute approximate surface area is 169 Å². The summed E-state index contributed by atoms with van der Waals surface area (Å²) in [6.45, 7) is 3.48. The molecular formula is C15H18Br2ClN7. The summed E-state index contributed by atoms with van der Waals surface area (Å²) in [7, 11) is 0. The maximum atomic E-state index is 6.04. The van der Waals surface area contributed by atoms with Crippen LogP contribution < -0.4 is 11.1 Å². The quantitative estimate of drug-likeness (QED) is 0.307. The zero-order valence-electron chi connectivity index (χ0n) is 13.5. The van der Waals surface area contributed by atoms with E-state index in [-0.39, 0.29) is 17.0 Å². The van der Waals surface area contributed by atoms with Crippen molar-refractivity contribution in [2.75, 3.05) is 17.6 Å². The molecule has 0 bridgehead atoms. The van der Waals surface area contributed by atoms with Crippen molar-refractivity contribution < 1.29 is 0 Å². The van der Waals surface area contributed by atoms with Crippen LogP contribution in [0, 0.1) is 0 Å². The van der Waals surface area contributed by atoms with Gasteiger partial charge in [-0.25, -0.2) is 9.97 Å². The van der Waals surface area contributed by atoms with Crippen LogP contribution in [0.5, 0.6) is 0 Å². The maximum Gasteiger partial charge on any atom is 0.226 e. The lowest BCUT2D eigenvalue weighted by Gasteiger charge is -2.08. The number of nitrogens with one attached hydrogen (secondary N) is 1. The Balaban J connectivity index is 0.00000225. The molecule has 7 nitrogen and oxygen atoms in total. The van der Waals surface area contributed by atoms with Crippen LogP contribution in [-0.2, 0) is 6.54 Å². The van der Waals surface area contributed by atoms with Crippen LogP contribution in [0.3, 0.4) is 0 Å². The number of nitrogens with two attached hydrogens (primary N) is 1. The summed E-state index contributed by atoms with van der Waals surface area (Å²) in [6, 6.07) is 3.67. The fraction of sp³-hybridized carbons (Fsp3) is 0.333. The monoisotopic (exact) mass is 489 g/mol. The molecule has 0 radical (unpaired) electrons. The number of aromatic nitrogens is 5. The average molecular weight is 492 g/mol. The summed E-state index contributed by atoms with van der Waals surface area (Å²) in [6.07, 6.45) is 3.87. The van der Waals surface area contributed by atoms with E-state index < -0.39 is 0 Å². The van der Waals surface area contributed by atoms with Gasteiger partial charge in [0.05, 0.1) is 6.54 Å². The van der Waals surface area contributed by atoms with E-state index in [9.17, 15) is 0 Å². The van der Waals surface area contributed by atoms with Crippen molar-refractivity contribution in [3.05, 3.63) is 33.8 Å². The molecule has 0 spiro atoms. The molecule has 3 rings (SSSR count). The lowest BCUT2D eigenvalue weighted by atomic mass is 10.3. The van der Waals surface area contributed by atoms with Gasteiger partial charge in [-0.2, -0.15) is 9.97 Å². The van der Waals surface area contributed by atoms with Gasteiger partial charge in [0, 0.05) is 12.7 Å². The number of pyridine rings is 1. The summed E-state index contributed by atoms with van der Waals surface area (Å²) >= 11 is 9.30. The number of imidazole rings is 1. The Hall–Kier alpha value is -1.45. The number of hydrogen-bond acceptors (Lipinski definition) is 6. The highest BCUT2D eigenvalue weighted by Crippen LogP contribution is 2.24. The third kappa shape index (κ3) is 4.59. The van der Waals surface area contributed by atoms with E-state index in [1.165, 1.54) is 0 Å². The molecule has 0 aliphatic heterocycles. The Morgan fingerprint density at radius 3 is 2.76 bits per heavy atom. The average Bonchev–Trinajstić information content (AvgIpc) is 2.87. The minimum Gasteiger partial charge on any atom is -0.382 e. The van der Waals surface area contributed by atoms with E-state index in [0.29, 0.717) is 39.4 Å². The number of halogens is 3. The molecule has 3 aromatic rings. The molecule has 3 N–H and O–H groups in total. The molecule has 0 amide bonds. The van der Waals surface area contributed by atoms with Gasteiger partial charge in [0.1, 0.15) is 5.15 Å². The molecule has 0 unspecified atom stereocenters. The highest BCUT2D eigenvalue weighted by molar-refractivity contribution is 9.10. The molecule has 0 saturated heterocycles. The molecule has 0 atom stereocenters. The smallest absolute Gasteiger partial charge is 0.226 e. The minimum absolute atomic E-state index is 0. The number of anilines is 2. The van der Waals surface area contributed by atoms with E-state index in [1.54, 1.807) is 12.3 Å². The standard InChI is InChI=1S/C15H17BrClN7.BrH/c1-2-3-6-19-15-22-12(18)11-13(23-15)24(14(16)21-11)8-9-4-5-10(17)20-7-9;/h4-5,7H,2-3,6,8H2,1H3,(H3,18,19,22,23);1H. The number of fused-ring (bicyclic) bond motifs is 1. The van der Waals surface area contributed by atoms with Crippen LogP contribution in [0.2, 0.25) is 5.15 Å². The Morgan fingerprint density at radius 2 is 2.08 bits per heavy atom. The Kier molecular flexibility index (Phi) is 6.97. The molecule has 0 aliphatic rings. The SMILES string of the molecule is Br.CCCCNc1nc(N)c2nc(Br)n(Cc3ccc(Cl)nc3)c2n1. The van der Waals surface area contributed by atoms with Crippen molar-refractivity contribution in [2.24, 2.45) is 0 Å². The Bertz CT molecular complexity index is 851. The van der Waals surface area contributed by atoms with E-state index in [1.807, 2.05) is 10.6 Å². The molecule has 25 heavy (non-hydrogen) atoms. The van der Waals surface area contributed by atoms with Crippen LogP contribution in [-0.4, -0.2) is 31.0 Å². The summed E-state index contributed by atoms with van der Waals surface area (Å²) in [5, 5.41) is 3.66. The van der Waals surface area contributed by atoms with Crippen LogP contribution in [0.1, 0.15) is 25.3 Å². The van der Waals surface area contributed by atoms with Crippen molar-refractivity contribution in [3.8, 4) is 0 Å². The zero-order chi connectivity index (χ0) is 17.1. The van der Waals surface area contributed by atoms with Crippen LogP contribution in [0.15, 0.2) is 23.1 Å². The second kappa shape index (κ2) is 8.77. The fourth-order valence-electron chi connectivity index (χ4n) is 2.27. The third-order valence-corrected chi connectivity index (χ3v) is 4.35. The number of hydrogen-bond donors (Lipinski definition) is 2. The van der Waals surface area contributed by atoms with Crippen molar-refractivity contribution >= 4 is 67.4 Å². The molecule has 0 fully saturated rings. The first-order chi connectivity index (χ1) is 11.6. The van der Waals surface area contributed by atoms with Gasteiger partial charge in [-0.15, -0.1) is 17.0 Å². The van der Waals surface area contributed by atoms with Crippen LogP contribution >= 0.6 is 44.5 Å². The molecule has 0 aromatic carbocycles. The van der Waals surface area contributed by atoms with Crippen molar-refractivity contribution in [1.29, 1.82) is 0 Å². The van der Waals surface area contributed by atoms with Gasteiger partial charge in [0.15, 0.2) is 21.7 Å². The van der Waals surface area contributed by atoms with Crippen LogP contribution in [0.4, 0.5) is 11.8 Å². The predicted octanol–water partition coefficient (Wildman–Crippen LogP) is 4.06. The molecule has 3 heterocycles. The van der Waals surface area contributed by atoms with Crippen molar-refractivity contribution in [3.63, 3.8) is 0 Å². The van der Waals surface area contributed by atoms with Gasteiger partial charge in [-0.05, 0) is 34.0 Å². The summed E-state index contributed by atoms with van der Waals surface area (Å²) in [5.74, 6) is 0.865. The summed E-state index contributed by atoms with van der Waals surface area (Å²) < 4.78 is 2.56. The minimum atomic E-state index is 0. The van der Waals surface area contributed by atoms with Gasteiger partial charge in [0.25, 0.3) is 0 Å². The highest BCUT2D eigenvalue weighted by Gasteiger charge is 2.15. The number of unbranched alkanes of at least 4 members (excludes halogenated alkanes) is 1. The van der Waals surface area contributed by atoms with Gasteiger partial charge >= 0.3 is 0 Å². The first-order valence-corrected chi connectivity index (χ1v) is 8.79. The number of rotatable bonds is 6. The topological polar surface area (TPSA) is 94.5 Å². The van der Waals surface area contributed by atoms with E-state index in [2.05, 4.69) is 48.1 Å². The van der Waals surface area contributed by atoms with Crippen LogP contribution in [0.25, 0.3) is 11.2 Å². The molecule has 3 aromatic heterocycles. The van der Waals surface area contributed by atoms with Gasteiger partial charge in [0.2, 0.25) is 5.95 Å². The molecule has 10 heteroatoms. The van der Waals surface area contributed by atoms with Crippen molar-refractivity contribution in [2.45, 2.75) is 26.3 Å². The van der Waals surface area contributed by atoms with Gasteiger partial charge in [-0.3, -0.25) is 4.57 Å². The predicted molar refractivity (Wildman–Crippen MR) is 110 cm³/mol. The van der Waals surface area contributed by atoms with E-state index >= 15 is 0 Å². The zero-order valence-corrected chi connectivity index (χ0v) is 17.6. The normalized spacial score (nSPS) is 10.7. The van der Waals surface area contributed by atoms with Gasteiger partial charge in [-0.1, -0.05) is 31.0 Å². The van der Waals surface area contributed by atoms with Crippen molar-refractivity contribution in [1.82, 2.24) is 24.5 Å². The number of nitrogen functional groups attached to an aromatic ring is 1. The summed E-state index contributed by atoms with van der Waals surface area (Å²) in [4.78, 5) is 17.4. The fourth-order valence-corrected chi connectivity index (χ4v) is 2.86. The first-order valence-electron chi connectivity index (χ1n) is 7.62. The van der Waals surface area contributed by atoms with E-state index in [4.69, 9.17) is 17.3 Å².